The fourth-order valence-electron chi connectivity index (χ4n) is 3.98. The van der Waals surface area contributed by atoms with Crippen molar-refractivity contribution in [1.82, 2.24) is 25.3 Å². The quantitative estimate of drug-likeness (QED) is 0.700. The number of rotatable bonds is 3. The molecule has 5 rings (SSSR count). The lowest BCUT2D eigenvalue weighted by atomic mass is 9.72. The molecule has 0 amide bonds. The van der Waals surface area contributed by atoms with E-state index in [1.807, 2.05) is 0 Å². The van der Waals surface area contributed by atoms with Crippen molar-refractivity contribution in [2.45, 2.75) is 12.8 Å². The van der Waals surface area contributed by atoms with Crippen LogP contribution in [0.2, 0.25) is 5.02 Å². The first kappa shape index (κ1) is 17.5. The fourth-order valence-corrected chi connectivity index (χ4v) is 4.16. The molecule has 0 atom stereocenters. The summed E-state index contributed by atoms with van der Waals surface area (Å²) in [6.07, 6.45) is 5.55. The first-order valence-electron chi connectivity index (χ1n) is 9.27. The molecule has 144 valence electrons. The Morgan fingerprint density at radius 1 is 1.14 bits per heavy atom. The van der Waals surface area contributed by atoms with Crippen molar-refractivity contribution in [2.24, 2.45) is 5.41 Å². The lowest BCUT2D eigenvalue weighted by Crippen LogP contribution is -2.60. The van der Waals surface area contributed by atoms with Crippen LogP contribution in [0, 0.1) is 11.2 Å². The zero-order chi connectivity index (χ0) is 19.1. The molecule has 2 N–H and O–H groups in total. The van der Waals surface area contributed by atoms with Crippen LogP contribution in [0.25, 0.3) is 11.0 Å². The average Bonchev–Trinajstić information content (AvgIpc) is 2.69. The monoisotopic (exact) mass is 399 g/mol. The van der Waals surface area contributed by atoms with Gasteiger partial charge in [-0.3, -0.25) is 0 Å². The molecule has 0 saturated carbocycles. The molecule has 9 heteroatoms. The molecule has 0 bridgehead atoms. The number of hydrogen-bond donors (Lipinski definition) is 2. The van der Waals surface area contributed by atoms with Crippen molar-refractivity contribution in [3.63, 3.8) is 0 Å². The summed E-state index contributed by atoms with van der Waals surface area (Å²) >= 11 is 5.88. The van der Waals surface area contributed by atoms with Gasteiger partial charge in [-0.25, -0.2) is 24.3 Å². The molecule has 4 heterocycles. The van der Waals surface area contributed by atoms with Crippen LogP contribution in [0.3, 0.4) is 0 Å². The number of benzene rings is 1. The summed E-state index contributed by atoms with van der Waals surface area (Å²) in [5.41, 5.74) is 2.29. The zero-order valence-electron chi connectivity index (χ0n) is 15.1. The van der Waals surface area contributed by atoms with E-state index in [9.17, 15) is 4.39 Å². The van der Waals surface area contributed by atoms with Gasteiger partial charge in [0.15, 0.2) is 5.82 Å². The minimum absolute atomic E-state index is 0.0477. The van der Waals surface area contributed by atoms with Crippen LogP contribution in [0.4, 0.5) is 21.8 Å². The van der Waals surface area contributed by atoms with E-state index in [0.29, 0.717) is 33.9 Å². The lowest BCUT2D eigenvalue weighted by Gasteiger charge is -2.52. The van der Waals surface area contributed by atoms with Gasteiger partial charge in [-0.2, -0.15) is 0 Å². The molecule has 1 aromatic carbocycles. The predicted octanol–water partition coefficient (Wildman–Crippen LogP) is 3.15. The summed E-state index contributed by atoms with van der Waals surface area (Å²) in [4.78, 5) is 20.0. The molecule has 2 saturated heterocycles. The molecule has 2 aromatic heterocycles. The van der Waals surface area contributed by atoms with Crippen molar-refractivity contribution in [1.29, 1.82) is 0 Å². The smallest absolute Gasteiger partial charge is 0.226 e. The third-order valence-electron chi connectivity index (χ3n) is 5.55. The Balaban J connectivity index is 1.42. The number of anilines is 3. The SMILES string of the molecule is Fc1ccc(Nc2ncnc3cnc(N4CC5(CCNCC5)C4)nc23)cc1Cl. The fraction of sp³-hybridized carbons (Fsp3) is 0.368. The Hall–Kier alpha value is -2.58. The van der Waals surface area contributed by atoms with Crippen LogP contribution in [0.1, 0.15) is 12.8 Å². The first-order valence-corrected chi connectivity index (χ1v) is 9.65. The number of nitrogens with one attached hydrogen (secondary N) is 2. The summed E-state index contributed by atoms with van der Waals surface area (Å²) in [6, 6.07) is 4.43. The van der Waals surface area contributed by atoms with Gasteiger partial charge >= 0.3 is 0 Å². The Bertz CT molecular complexity index is 1030. The minimum Gasteiger partial charge on any atom is -0.340 e. The highest BCUT2D eigenvalue weighted by Gasteiger charge is 2.44. The molecule has 28 heavy (non-hydrogen) atoms. The Morgan fingerprint density at radius 3 is 2.75 bits per heavy atom. The standard InChI is InChI=1S/C19H19ClFN7/c20-13-7-12(1-2-14(13)21)26-17-16-15(24-11-25-17)8-23-18(27-16)28-9-19(10-28)3-5-22-6-4-19/h1-2,7-8,11,22H,3-6,9-10H2,(H,24,25,26). The normalized spacial score (nSPS) is 18.3. The minimum atomic E-state index is -0.464. The van der Waals surface area contributed by atoms with Gasteiger partial charge in [0.1, 0.15) is 23.2 Å². The summed E-state index contributed by atoms with van der Waals surface area (Å²) in [7, 11) is 0. The van der Waals surface area contributed by atoms with E-state index >= 15 is 0 Å². The third-order valence-corrected chi connectivity index (χ3v) is 5.84. The molecule has 0 aliphatic carbocycles. The molecule has 2 aliphatic rings. The maximum atomic E-state index is 13.4. The average molecular weight is 400 g/mol. The highest BCUT2D eigenvalue weighted by molar-refractivity contribution is 6.31. The van der Waals surface area contributed by atoms with E-state index in [1.165, 1.54) is 31.3 Å². The molecule has 2 aliphatic heterocycles. The molecule has 2 fully saturated rings. The van der Waals surface area contributed by atoms with Crippen LogP contribution in [-0.2, 0) is 0 Å². The molecule has 3 aromatic rings. The largest absolute Gasteiger partial charge is 0.340 e. The second-order valence-corrected chi connectivity index (χ2v) is 7.89. The van der Waals surface area contributed by atoms with Gasteiger partial charge in [0.2, 0.25) is 5.95 Å². The topological polar surface area (TPSA) is 78.9 Å². The van der Waals surface area contributed by atoms with Crippen LogP contribution in [0.5, 0.6) is 0 Å². The number of halogens is 2. The van der Waals surface area contributed by atoms with E-state index in [0.717, 1.165) is 26.2 Å². The van der Waals surface area contributed by atoms with E-state index in [-0.39, 0.29) is 5.02 Å². The molecule has 1 spiro atoms. The van der Waals surface area contributed by atoms with Gasteiger partial charge in [-0.1, -0.05) is 11.6 Å². The van der Waals surface area contributed by atoms with Crippen molar-refractivity contribution in [2.75, 3.05) is 36.4 Å². The maximum absolute atomic E-state index is 13.4. The number of nitrogens with zero attached hydrogens (tertiary/aromatic N) is 5. The van der Waals surface area contributed by atoms with E-state index in [2.05, 4.69) is 30.5 Å². The second-order valence-electron chi connectivity index (χ2n) is 7.49. The second kappa shape index (κ2) is 6.79. The molecule has 0 radical (unpaired) electrons. The highest BCUT2D eigenvalue weighted by Crippen LogP contribution is 2.40. The van der Waals surface area contributed by atoms with Crippen molar-refractivity contribution in [3.8, 4) is 0 Å². The predicted molar refractivity (Wildman–Crippen MR) is 107 cm³/mol. The zero-order valence-corrected chi connectivity index (χ0v) is 15.9. The third kappa shape index (κ3) is 3.12. The maximum Gasteiger partial charge on any atom is 0.226 e. The lowest BCUT2D eigenvalue weighted by molar-refractivity contribution is 0.148. The van der Waals surface area contributed by atoms with Gasteiger partial charge in [-0.15, -0.1) is 0 Å². The first-order chi connectivity index (χ1) is 13.6. The molecular formula is C19H19ClFN7. The van der Waals surface area contributed by atoms with Gasteiger partial charge in [-0.05, 0) is 44.1 Å². The highest BCUT2D eigenvalue weighted by atomic mass is 35.5. The van der Waals surface area contributed by atoms with Crippen LogP contribution in [-0.4, -0.2) is 46.1 Å². The number of hydrogen-bond acceptors (Lipinski definition) is 7. The molecule has 0 unspecified atom stereocenters. The van der Waals surface area contributed by atoms with Crippen molar-refractivity contribution < 1.29 is 4.39 Å². The van der Waals surface area contributed by atoms with Crippen molar-refractivity contribution >= 4 is 40.1 Å². The Morgan fingerprint density at radius 2 is 1.96 bits per heavy atom. The number of piperidine rings is 1. The van der Waals surface area contributed by atoms with Gasteiger partial charge in [0, 0.05) is 24.2 Å². The number of aromatic nitrogens is 4. The Kier molecular flexibility index (Phi) is 4.25. The summed E-state index contributed by atoms with van der Waals surface area (Å²) in [5.74, 6) is 0.758. The van der Waals surface area contributed by atoms with Gasteiger partial charge in [0.05, 0.1) is 11.2 Å². The van der Waals surface area contributed by atoms with E-state index in [4.69, 9.17) is 16.6 Å². The molecular weight excluding hydrogens is 381 g/mol. The van der Waals surface area contributed by atoms with Gasteiger partial charge in [0.25, 0.3) is 0 Å². The van der Waals surface area contributed by atoms with E-state index in [1.54, 1.807) is 12.3 Å². The van der Waals surface area contributed by atoms with Gasteiger partial charge < -0.3 is 15.5 Å². The molecule has 7 nitrogen and oxygen atoms in total. The van der Waals surface area contributed by atoms with Crippen LogP contribution >= 0.6 is 11.6 Å². The Labute approximate surface area is 166 Å². The van der Waals surface area contributed by atoms with E-state index < -0.39 is 5.82 Å². The van der Waals surface area contributed by atoms with Crippen LogP contribution < -0.4 is 15.5 Å². The van der Waals surface area contributed by atoms with Crippen LogP contribution in [0.15, 0.2) is 30.7 Å². The summed E-state index contributed by atoms with van der Waals surface area (Å²) < 4.78 is 13.4. The summed E-state index contributed by atoms with van der Waals surface area (Å²) in [6.45, 7) is 4.11. The number of fused-ring (bicyclic) bond motifs is 1. The van der Waals surface area contributed by atoms with Crippen molar-refractivity contribution in [3.05, 3.63) is 41.6 Å². The summed E-state index contributed by atoms with van der Waals surface area (Å²) in [5, 5.41) is 6.62.